The van der Waals surface area contributed by atoms with Gasteiger partial charge in [-0.2, -0.15) is 0 Å². The lowest BCUT2D eigenvalue weighted by Crippen LogP contribution is -2.36. The molecule has 2 N–H and O–H groups in total. The molecular weight excluding hydrogens is 200 g/mol. The minimum absolute atomic E-state index is 0.0716. The summed E-state index contributed by atoms with van der Waals surface area (Å²) in [4.78, 5) is 2.12. The third-order valence-corrected chi connectivity index (χ3v) is 2.64. The van der Waals surface area contributed by atoms with Crippen LogP contribution in [-0.4, -0.2) is 43.2 Å². The maximum atomic E-state index is 10.1. The maximum absolute atomic E-state index is 10.1. The van der Waals surface area contributed by atoms with E-state index in [9.17, 15) is 5.11 Å². The van der Waals surface area contributed by atoms with Crippen molar-refractivity contribution < 1.29 is 5.11 Å². The molecule has 2 atom stereocenters. The number of rotatable bonds is 6. The molecule has 0 spiro atoms. The molecule has 3 heteroatoms. The number of aliphatic hydroxyl groups is 1. The lowest BCUT2D eigenvalue weighted by molar-refractivity contribution is 0.135. The van der Waals surface area contributed by atoms with Crippen LogP contribution in [0.25, 0.3) is 0 Å². The van der Waals surface area contributed by atoms with Gasteiger partial charge < -0.3 is 15.3 Å². The van der Waals surface area contributed by atoms with E-state index in [-0.39, 0.29) is 6.04 Å². The first-order valence-electron chi connectivity index (χ1n) is 5.72. The zero-order valence-corrected chi connectivity index (χ0v) is 10.4. The number of aliphatic hydroxyl groups excluding tert-OH is 1. The van der Waals surface area contributed by atoms with E-state index >= 15 is 0 Å². The number of nitrogens with one attached hydrogen (secondary N) is 1. The molecule has 0 radical (unpaired) electrons. The van der Waals surface area contributed by atoms with Gasteiger partial charge in [0, 0.05) is 19.1 Å². The lowest BCUT2D eigenvalue weighted by Gasteiger charge is -2.21. The van der Waals surface area contributed by atoms with E-state index in [0.29, 0.717) is 0 Å². The summed E-state index contributed by atoms with van der Waals surface area (Å²) in [5.74, 6) is 0. The van der Waals surface area contributed by atoms with Crippen molar-refractivity contribution in [2.24, 2.45) is 0 Å². The van der Waals surface area contributed by atoms with Gasteiger partial charge in [-0.25, -0.2) is 0 Å². The van der Waals surface area contributed by atoms with Gasteiger partial charge in [0.25, 0.3) is 0 Å². The molecule has 0 aliphatic heterocycles. The standard InChI is InChI=1S/C13H22N2O/c1-11(14-9-10-15(2)3)13(16)12-7-5-4-6-8-12/h4-8,11,13-14,16H,9-10H2,1-3H3/t11-,13?/m0/s1. The van der Waals surface area contributed by atoms with Crippen LogP contribution in [0.4, 0.5) is 0 Å². The summed E-state index contributed by atoms with van der Waals surface area (Å²) >= 11 is 0. The van der Waals surface area contributed by atoms with E-state index in [0.717, 1.165) is 18.7 Å². The second kappa shape index (κ2) is 6.63. The Morgan fingerprint density at radius 1 is 1.25 bits per heavy atom. The minimum atomic E-state index is -0.441. The normalized spacial score (nSPS) is 15.1. The molecule has 0 heterocycles. The number of hydrogen-bond acceptors (Lipinski definition) is 3. The summed E-state index contributed by atoms with van der Waals surface area (Å²) < 4.78 is 0. The highest BCUT2D eigenvalue weighted by Gasteiger charge is 2.14. The monoisotopic (exact) mass is 222 g/mol. The Labute approximate surface area is 98.1 Å². The van der Waals surface area contributed by atoms with Crippen molar-refractivity contribution in [2.75, 3.05) is 27.2 Å². The topological polar surface area (TPSA) is 35.5 Å². The van der Waals surface area contributed by atoms with Gasteiger partial charge in [0.05, 0.1) is 6.10 Å². The largest absolute Gasteiger partial charge is 0.387 e. The fourth-order valence-electron chi connectivity index (χ4n) is 1.57. The number of likely N-dealkylation sites (N-methyl/N-ethyl adjacent to an activating group) is 1. The van der Waals surface area contributed by atoms with Crippen molar-refractivity contribution in [3.05, 3.63) is 35.9 Å². The van der Waals surface area contributed by atoms with Gasteiger partial charge in [-0.3, -0.25) is 0 Å². The highest BCUT2D eigenvalue weighted by Crippen LogP contribution is 2.15. The van der Waals surface area contributed by atoms with Crippen molar-refractivity contribution in [1.29, 1.82) is 0 Å². The van der Waals surface area contributed by atoms with Gasteiger partial charge in [-0.05, 0) is 26.6 Å². The third-order valence-electron chi connectivity index (χ3n) is 2.64. The summed E-state index contributed by atoms with van der Waals surface area (Å²) in [5, 5.41) is 13.4. The Hall–Kier alpha value is -0.900. The molecule has 16 heavy (non-hydrogen) atoms. The first-order chi connectivity index (χ1) is 7.61. The van der Waals surface area contributed by atoms with Crippen LogP contribution in [0.15, 0.2) is 30.3 Å². The Balaban J connectivity index is 2.39. The molecule has 0 bridgehead atoms. The third kappa shape index (κ3) is 4.31. The van der Waals surface area contributed by atoms with E-state index in [1.165, 1.54) is 0 Å². The van der Waals surface area contributed by atoms with Crippen molar-refractivity contribution in [3.63, 3.8) is 0 Å². The van der Waals surface area contributed by atoms with Crippen molar-refractivity contribution in [1.82, 2.24) is 10.2 Å². The quantitative estimate of drug-likeness (QED) is 0.760. The van der Waals surface area contributed by atoms with E-state index in [4.69, 9.17) is 0 Å². The Bertz CT molecular complexity index is 287. The van der Waals surface area contributed by atoms with Crippen LogP contribution in [0.5, 0.6) is 0 Å². The molecule has 90 valence electrons. The molecule has 0 fully saturated rings. The predicted molar refractivity (Wildman–Crippen MR) is 67.4 cm³/mol. The van der Waals surface area contributed by atoms with Crippen LogP contribution in [0.2, 0.25) is 0 Å². The van der Waals surface area contributed by atoms with Crippen LogP contribution in [0.1, 0.15) is 18.6 Å². The first-order valence-corrected chi connectivity index (χ1v) is 5.72. The number of nitrogens with zero attached hydrogens (tertiary/aromatic N) is 1. The van der Waals surface area contributed by atoms with Gasteiger partial charge in [0.15, 0.2) is 0 Å². The van der Waals surface area contributed by atoms with Crippen molar-refractivity contribution >= 4 is 0 Å². The predicted octanol–water partition coefficient (Wildman–Crippen LogP) is 1.26. The average Bonchev–Trinajstić information content (AvgIpc) is 2.28. The first kappa shape index (κ1) is 13.2. The lowest BCUT2D eigenvalue weighted by atomic mass is 10.0. The molecule has 0 aliphatic rings. The summed E-state index contributed by atoms with van der Waals surface area (Å²) in [6, 6.07) is 9.84. The molecule has 1 rings (SSSR count). The van der Waals surface area contributed by atoms with Crippen LogP contribution in [0, 0.1) is 0 Å². The van der Waals surface area contributed by atoms with Gasteiger partial charge in [0.2, 0.25) is 0 Å². The molecule has 1 aromatic rings. The summed E-state index contributed by atoms with van der Waals surface area (Å²) in [7, 11) is 4.08. The minimum Gasteiger partial charge on any atom is -0.387 e. The second-order valence-corrected chi connectivity index (χ2v) is 4.40. The van der Waals surface area contributed by atoms with E-state index in [2.05, 4.69) is 10.2 Å². The van der Waals surface area contributed by atoms with Crippen molar-refractivity contribution in [3.8, 4) is 0 Å². The van der Waals surface area contributed by atoms with E-state index in [1.807, 2.05) is 51.4 Å². The Kier molecular flexibility index (Phi) is 5.46. The zero-order valence-electron chi connectivity index (χ0n) is 10.4. The van der Waals surface area contributed by atoms with Gasteiger partial charge in [-0.15, -0.1) is 0 Å². The number of hydrogen-bond donors (Lipinski definition) is 2. The molecule has 0 aromatic heterocycles. The molecular formula is C13H22N2O. The van der Waals surface area contributed by atoms with E-state index < -0.39 is 6.10 Å². The Morgan fingerprint density at radius 3 is 2.44 bits per heavy atom. The molecule has 0 saturated carbocycles. The molecule has 0 saturated heterocycles. The fraction of sp³-hybridized carbons (Fsp3) is 0.538. The van der Waals surface area contributed by atoms with Crippen LogP contribution >= 0.6 is 0 Å². The fourth-order valence-corrected chi connectivity index (χ4v) is 1.57. The molecule has 3 nitrogen and oxygen atoms in total. The van der Waals surface area contributed by atoms with Crippen LogP contribution in [-0.2, 0) is 0 Å². The van der Waals surface area contributed by atoms with Crippen molar-refractivity contribution in [2.45, 2.75) is 19.1 Å². The smallest absolute Gasteiger partial charge is 0.0940 e. The second-order valence-electron chi connectivity index (χ2n) is 4.40. The zero-order chi connectivity index (χ0) is 12.0. The molecule has 1 unspecified atom stereocenters. The summed E-state index contributed by atoms with van der Waals surface area (Å²) in [6.07, 6.45) is -0.441. The van der Waals surface area contributed by atoms with Gasteiger partial charge >= 0.3 is 0 Å². The summed E-state index contributed by atoms with van der Waals surface area (Å²) in [6.45, 7) is 3.87. The maximum Gasteiger partial charge on any atom is 0.0940 e. The van der Waals surface area contributed by atoms with Gasteiger partial charge in [-0.1, -0.05) is 30.3 Å². The van der Waals surface area contributed by atoms with Gasteiger partial charge in [0.1, 0.15) is 0 Å². The van der Waals surface area contributed by atoms with Crippen LogP contribution in [0.3, 0.4) is 0 Å². The molecule has 0 aliphatic carbocycles. The molecule has 1 aromatic carbocycles. The average molecular weight is 222 g/mol. The number of benzene rings is 1. The highest BCUT2D eigenvalue weighted by atomic mass is 16.3. The summed E-state index contributed by atoms with van der Waals surface area (Å²) in [5.41, 5.74) is 0.965. The Morgan fingerprint density at radius 2 is 1.88 bits per heavy atom. The SMILES string of the molecule is C[C@H](NCCN(C)C)C(O)c1ccccc1. The van der Waals surface area contributed by atoms with Crippen LogP contribution < -0.4 is 5.32 Å². The highest BCUT2D eigenvalue weighted by molar-refractivity contribution is 5.18. The molecule has 0 amide bonds. The van der Waals surface area contributed by atoms with E-state index in [1.54, 1.807) is 0 Å².